The highest BCUT2D eigenvalue weighted by atomic mass is 16.6. The van der Waals surface area contributed by atoms with Gasteiger partial charge in [-0.15, -0.1) is 0 Å². The van der Waals surface area contributed by atoms with Crippen LogP contribution < -0.4 is 0 Å². The van der Waals surface area contributed by atoms with Gasteiger partial charge in [0.25, 0.3) is 5.69 Å². The molecule has 0 aliphatic rings. The number of nitro groups is 1. The van der Waals surface area contributed by atoms with Crippen molar-refractivity contribution >= 4 is 49.2 Å². The van der Waals surface area contributed by atoms with Gasteiger partial charge in [-0.1, -0.05) is 78.9 Å². The van der Waals surface area contributed by atoms with E-state index in [-0.39, 0.29) is 10.6 Å². The first-order chi connectivity index (χ1) is 14.7. The minimum atomic E-state index is -0.272. The average Bonchev–Trinajstić information content (AvgIpc) is 3.17. The summed E-state index contributed by atoms with van der Waals surface area (Å²) in [7, 11) is 0. The minimum Gasteiger partial charge on any atom is -0.455 e. The first-order valence-electron chi connectivity index (χ1n) is 9.72. The molecule has 5 aromatic carbocycles. The topological polar surface area (TPSA) is 56.3 Å². The van der Waals surface area contributed by atoms with Crippen LogP contribution in [-0.2, 0) is 0 Å². The Morgan fingerprint density at radius 3 is 1.90 bits per heavy atom. The predicted octanol–water partition coefficient (Wildman–Crippen LogP) is 7.47. The molecule has 4 nitrogen and oxygen atoms in total. The molecule has 0 fully saturated rings. The summed E-state index contributed by atoms with van der Waals surface area (Å²) in [6.45, 7) is 0. The Morgan fingerprint density at radius 2 is 1.17 bits per heavy atom. The van der Waals surface area contributed by atoms with Crippen molar-refractivity contribution in [3.8, 4) is 11.1 Å². The van der Waals surface area contributed by atoms with E-state index >= 15 is 0 Å². The summed E-state index contributed by atoms with van der Waals surface area (Å²) in [5.41, 5.74) is 2.88. The standard InChI is InChI=1S/C26H15NO3/c28-27(29)25-20-12-4-2-9-17(20)16-8-1-3-11-19(16)24(25)22-14-7-13-21-18-10-5-6-15-23(18)30-26(21)22/h1-15H. The van der Waals surface area contributed by atoms with Gasteiger partial charge in [0.2, 0.25) is 0 Å². The van der Waals surface area contributed by atoms with Crippen LogP contribution in [0.1, 0.15) is 0 Å². The Balaban J connectivity index is 1.88. The van der Waals surface area contributed by atoms with Crippen molar-refractivity contribution in [2.75, 3.05) is 0 Å². The van der Waals surface area contributed by atoms with Crippen molar-refractivity contribution in [2.24, 2.45) is 0 Å². The fraction of sp³-hybridized carbons (Fsp3) is 0. The molecule has 6 aromatic rings. The first-order valence-corrected chi connectivity index (χ1v) is 9.72. The summed E-state index contributed by atoms with van der Waals surface area (Å²) in [4.78, 5) is 12.1. The van der Waals surface area contributed by atoms with Gasteiger partial charge in [-0.3, -0.25) is 10.1 Å². The predicted molar refractivity (Wildman–Crippen MR) is 121 cm³/mol. The molecule has 30 heavy (non-hydrogen) atoms. The van der Waals surface area contributed by atoms with Gasteiger partial charge < -0.3 is 4.42 Å². The number of furan rings is 1. The molecule has 0 saturated carbocycles. The Labute approximate surface area is 171 Å². The molecule has 0 spiro atoms. The van der Waals surface area contributed by atoms with Crippen LogP contribution in [0.15, 0.2) is 95.4 Å². The number of hydrogen-bond acceptors (Lipinski definition) is 3. The van der Waals surface area contributed by atoms with Gasteiger partial charge in [0.05, 0.1) is 15.9 Å². The largest absolute Gasteiger partial charge is 0.455 e. The van der Waals surface area contributed by atoms with E-state index < -0.39 is 0 Å². The number of nitrogens with zero attached hydrogens (tertiary/aromatic N) is 1. The molecule has 0 unspecified atom stereocenters. The number of rotatable bonds is 2. The van der Waals surface area contributed by atoms with Gasteiger partial charge in [-0.2, -0.15) is 0 Å². The van der Waals surface area contributed by atoms with E-state index in [0.29, 0.717) is 16.5 Å². The summed E-state index contributed by atoms with van der Waals surface area (Å²) >= 11 is 0. The SMILES string of the molecule is O=[N+]([O-])c1c(-c2cccc3c2oc2ccccc23)c2ccccc2c2ccccc12. The van der Waals surface area contributed by atoms with E-state index in [1.807, 2.05) is 91.0 Å². The summed E-state index contributed by atoms with van der Waals surface area (Å²) in [5.74, 6) is 0. The normalized spacial score (nSPS) is 11.6. The lowest BCUT2D eigenvalue weighted by atomic mass is 9.90. The van der Waals surface area contributed by atoms with Crippen LogP contribution in [0.5, 0.6) is 0 Å². The van der Waals surface area contributed by atoms with Crippen LogP contribution in [0.4, 0.5) is 5.69 Å². The van der Waals surface area contributed by atoms with E-state index in [0.717, 1.165) is 38.1 Å². The van der Waals surface area contributed by atoms with Crippen molar-refractivity contribution in [1.82, 2.24) is 0 Å². The third kappa shape index (κ3) is 2.22. The third-order valence-corrected chi connectivity index (χ3v) is 5.76. The molecule has 0 bridgehead atoms. The molecule has 0 saturated heterocycles. The van der Waals surface area contributed by atoms with Crippen LogP contribution in [0.2, 0.25) is 0 Å². The number of nitro benzene ring substituents is 1. The molecule has 142 valence electrons. The van der Waals surface area contributed by atoms with E-state index in [9.17, 15) is 10.1 Å². The second-order valence-electron chi connectivity index (χ2n) is 7.35. The molecule has 0 aliphatic carbocycles. The lowest BCUT2D eigenvalue weighted by Gasteiger charge is -2.12. The van der Waals surface area contributed by atoms with Crippen molar-refractivity contribution in [3.63, 3.8) is 0 Å². The van der Waals surface area contributed by atoms with Gasteiger partial charge in [0.1, 0.15) is 11.2 Å². The van der Waals surface area contributed by atoms with Crippen LogP contribution >= 0.6 is 0 Å². The van der Waals surface area contributed by atoms with Gasteiger partial charge in [-0.05, 0) is 28.3 Å². The summed E-state index contributed by atoms with van der Waals surface area (Å²) in [6.07, 6.45) is 0. The fourth-order valence-corrected chi connectivity index (χ4v) is 4.53. The second-order valence-corrected chi connectivity index (χ2v) is 7.35. The van der Waals surface area contributed by atoms with Crippen molar-refractivity contribution in [2.45, 2.75) is 0 Å². The van der Waals surface area contributed by atoms with E-state index in [2.05, 4.69) is 0 Å². The second kappa shape index (κ2) is 6.16. The third-order valence-electron chi connectivity index (χ3n) is 5.76. The number of fused-ring (bicyclic) bond motifs is 6. The molecular weight excluding hydrogens is 374 g/mol. The van der Waals surface area contributed by atoms with Crippen LogP contribution in [0.3, 0.4) is 0 Å². The highest BCUT2D eigenvalue weighted by molar-refractivity contribution is 6.22. The smallest absolute Gasteiger partial charge is 0.285 e. The number of hydrogen-bond donors (Lipinski definition) is 0. The van der Waals surface area contributed by atoms with Crippen LogP contribution in [0, 0.1) is 10.1 Å². The number of para-hydroxylation sites is 2. The Hall–Kier alpha value is -4.18. The molecule has 4 heteroatoms. The highest BCUT2D eigenvalue weighted by Crippen LogP contribution is 2.46. The molecule has 0 radical (unpaired) electrons. The molecule has 0 atom stereocenters. The zero-order valence-electron chi connectivity index (χ0n) is 15.8. The summed E-state index contributed by atoms with van der Waals surface area (Å²) in [5, 5.41) is 17.6. The van der Waals surface area contributed by atoms with E-state index in [1.165, 1.54) is 0 Å². The van der Waals surface area contributed by atoms with E-state index in [4.69, 9.17) is 4.42 Å². The molecule has 1 aromatic heterocycles. The van der Waals surface area contributed by atoms with Crippen molar-refractivity contribution in [1.29, 1.82) is 0 Å². The molecule has 0 amide bonds. The molecule has 1 heterocycles. The Morgan fingerprint density at radius 1 is 0.600 bits per heavy atom. The van der Waals surface area contributed by atoms with Gasteiger partial charge in [-0.25, -0.2) is 0 Å². The quantitative estimate of drug-likeness (QED) is 0.175. The lowest BCUT2D eigenvalue weighted by Crippen LogP contribution is -1.96. The van der Waals surface area contributed by atoms with Gasteiger partial charge in [0, 0.05) is 16.3 Å². The molecule has 6 rings (SSSR count). The highest BCUT2D eigenvalue weighted by Gasteiger charge is 2.26. The minimum absolute atomic E-state index is 0.109. The molecule has 0 N–H and O–H groups in total. The monoisotopic (exact) mass is 389 g/mol. The maximum Gasteiger partial charge on any atom is 0.285 e. The zero-order chi connectivity index (χ0) is 20.2. The summed E-state index contributed by atoms with van der Waals surface area (Å²) in [6, 6.07) is 29.1. The Bertz CT molecular complexity index is 1630. The van der Waals surface area contributed by atoms with Gasteiger partial charge >= 0.3 is 0 Å². The van der Waals surface area contributed by atoms with E-state index in [1.54, 1.807) is 0 Å². The average molecular weight is 389 g/mol. The molecule has 0 aliphatic heterocycles. The number of benzene rings is 5. The van der Waals surface area contributed by atoms with Gasteiger partial charge in [0.15, 0.2) is 0 Å². The van der Waals surface area contributed by atoms with Crippen molar-refractivity contribution in [3.05, 3.63) is 101 Å². The van der Waals surface area contributed by atoms with Crippen LogP contribution in [-0.4, -0.2) is 4.92 Å². The first kappa shape index (κ1) is 16.7. The summed E-state index contributed by atoms with van der Waals surface area (Å²) < 4.78 is 6.21. The van der Waals surface area contributed by atoms with Crippen LogP contribution in [0.25, 0.3) is 54.6 Å². The molecular formula is C26H15NO3. The lowest BCUT2D eigenvalue weighted by molar-refractivity contribution is -0.382. The maximum absolute atomic E-state index is 12.3. The fourth-order valence-electron chi connectivity index (χ4n) is 4.53. The van der Waals surface area contributed by atoms with Crippen molar-refractivity contribution < 1.29 is 9.34 Å². The maximum atomic E-state index is 12.3. The Kier molecular flexibility index (Phi) is 3.44. The zero-order valence-corrected chi connectivity index (χ0v) is 15.8.